The summed E-state index contributed by atoms with van der Waals surface area (Å²) in [5.74, 6) is 0.973. The zero-order valence-corrected chi connectivity index (χ0v) is 11.8. The molecule has 1 atom stereocenters. The lowest BCUT2D eigenvalue weighted by atomic mass is 9.76. The quantitative estimate of drug-likeness (QED) is 0.859. The van der Waals surface area contributed by atoms with E-state index in [1.807, 2.05) is 26.0 Å². The van der Waals surface area contributed by atoms with E-state index in [0.717, 1.165) is 17.9 Å². The second kappa shape index (κ2) is 6.05. The van der Waals surface area contributed by atoms with Gasteiger partial charge in [-0.25, -0.2) is 0 Å². The van der Waals surface area contributed by atoms with Crippen LogP contribution in [0.1, 0.15) is 38.2 Å². The number of benzene rings is 1. The molecule has 1 saturated carbocycles. The zero-order chi connectivity index (χ0) is 13.1. The molecule has 0 amide bonds. The standard InChI is InChI=1S/C15H22ClNO/c1-10(2)15(18)9-17-14-7-12(8-14)11-3-5-13(16)6-4-11/h3-6,10,12,14-15,17-18H,7-9H2,1-2H3. The van der Waals surface area contributed by atoms with Crippen molar-refractivity contribution in [2.75, 3.05) is 6.54 Å². The molecule has 0 aliphatic heterocycles. The average Bonchev–Trinajstić information content (AvgIpc) is 2.28. The molecule has 1 unspecified atom stereocenters. The number of halogens is 1. The van der Waals surface area contributed by atoms with Crippen molar-refractivity contribution in [1.82, 2.24) is 5.32 Å². The molecular weight excluding hydrogens is 246 g/mol. The van der Waals surface area contributed by atoms with E-state index in [9.17, 15) is 5.11 Å². The monoisotopic (exact) mass is 267 g/mol. The molecule has 1 fully saturated rings. The fourth-order valence-electron chi connectivity index (χ4n) is 2.31. The summed E-state index contributed by atoms with van der Waals surface area (Å²) in [5.41, 5.74) is 1.38. The van der Waals surface area contributed by atoms with E-state index in [1.165, 1.54) is 5.56 Å². The van der Waals surface area contributed by atoms with Crippen molar-refractivity contribution in [3.63, 3.8) is 0 Å². The molecule has 0 aromatic heterocycles. The summed E-state index contributed by atoms with van der Waals surface area (Å²) in [6.45, 7) is 4.79. The lowest BCUT2D eigenvalue weighted by molar-refractivity contribution is 0.112. The van der Waals surface area contributed by atoms with Gasteiger partial charge in [-0.2, -0.15) is 0 Å². The molecule has 0 radical (unpaired) electrons. The number of hydrogen-bond acceptors (Lipinski definition) is 2. The first kappa shape index (κ1) is 13.9. The molecule has 1 aromatic carbocycles. The Morgan fingerprint density at radius 3 is 2.44 bits per heavy atom. The van der Waals surface area contributed by atoms with Gasteiger partial charge in [0.1, 0.15) is 0 Å². The molecule has 2 N–H and O–H groups in total. The molecule has 0 bridgehead atoms. The molecule has 1 aromatic rings. The minimum absolute atomic E-state index is 0.236. The first-order chi connectivity index (χ1) is 8.56. The van der Waals surface area contributed by atoms with Gasteiger partial charge < -0.3 is 10.4 Å². The van der Waals surface area contributed by atoms with Gasteiger partial charge in [0, 0.05) is 17.6 Å². The Morgan fingerprint density at radius 2 is 1.89 bits per heavy atom. The molecule has 1 aliphatic carbocycles. The number of nitrogens with one attached hydrogen (secondary N) is 1. The third kappa shape index (κ3) is 3.47. The van der Waals surface area contributed by atoms with E-state index >= 15 is 0 Å². The molecule has 0 heterocycles. The predicted molar refractivity (Wildman–Crippen MR) is 76.1 cm³/mol. The maximum Gasteiger partial charge on any atom is 0.0687 e. The number of rotatable bonds is 5. The maximum absolute atomic E-state index is 9.73. The van der Waals surface area contributed by atoms with Crippen molar-refractivity contribution in [2.24, 2.45) is 5.92 Å². The molecule has 0 saturated heterocycles. The number of aliphatic hydroxyl groups excluding tert-OH is 1. The van der Waals surface area contributed by atoms with Gasteiger partial charge in [0.25, 0.3) is 0 Å². The van der Waals surface area contributed by atoms with Gasteiger partial charge in [0.05, 0.1) is 6.10 Å². The lowest BCUT2D eigenvalue weighted by Gasteiger charge is -2.37. The molecule has 2 rings (SSSR count). The van der Waals surface area contributed by atoms with Crippen LogP contribution in [-0.4, -0.2) is 23.8 Å². The van der Waals surface area contributed by atoms with E-state index in [0.29, 0.717) is 24.4 Å². The smallest absolute Gasteiger partial charge is 0.0687 e. The molecule has 18 heavy (non-hydrogen) atoms. The summed E-state index contributed by atoms with van der Waals surface area (Å²) < 4.78 is 0. The van der Waals surface area contributed by atoms with Gasteiger partial charge in [-0.1, -0.05) is 37.6 Å². The molecule has 100 valence electrons. The second-order valence-electron chi connectivity index (χ2n) is 5.64. The van der Waals surface area contributed by atoms with Crippen LogP contribution in [0.3, 0.4) is 0 Å². The highest BCUT2D eigenvalue weighted by Gasteiger charge is 2.30. The van der Waals surface area contributed by atoms with E-state index in [2.05, 4.69) is 17.4 Å². The van der Waals surface area contributed by atoms with Crippen LogP contribution >= 0.6 is 11.6 Å². The van der Waals surface area contributed by atoms with Crippen molar-refractivity contribution >= 4 is 11.6 Å². The Morgan fingerprint density at radius 1 is 1.28 bits per heavy atom. The molecule has 1 aliphatic rings. The van der Waals surface area contributed by atoms with E-state index in [4.69, 9.17) is 11.6 Å². The Labute approximate surface area is 114 Å². The second-order valence-corrected chi connectivity index (χ2v) is 6.07. The third-order valence-corrected chi connectivity index (χ3v) is 4.12. The van der Waals surface area contributed by atoms with Crippen LogP contribution < -0.4 is 5.32 Å². The van der Waals surface area contributed by atoms with Crippen molar-refractivity contribution in [3.8, 4) is 0 Å². The average molecular weight is 268 g/mol. The van der Waals surface area contributed by atoms with E-state index < -0.39 is 0 Å². The molecular formula is C15H22ClNO. The van der Waals surface area contributed by atoms with Crippen molar-refractivity contribution in [2.45, 2.75) is 44.8 Å². The fraction of sp³-hybridized carbons (Fsp3) is 0.600. The third-order valence-electron chi connectivity index (χ3n) is 3.86. The topological polar surface area (TPSA) is 32.3 Å². The SMILES string of the molecule is CC(C)C(O)CNC1CC(c2ccc(Cl)cc2)C1. The summed E-state index contributed by atoms with van der Waals surface area (Å²) in [6, 6.07) is 8.71. The van der Waals surface area contributed by atoms with Crippen LogP contribution in [0.15, 0.2) is 24.3 Å². The van der Waals surface area contributed by atoms with Gasteiger partial charge >= 0.3 is 0 Å². The number of hydrogen-bond donors (Lipinski definition) is 2. The van der Waals surface area contributed by atoms with Crippen LogP contribution in [0.4, 0.5) is 0 Å². The molecule has 2 nitrogen and oxygen atoms in total. The summed E-state index contributed by atoms with van der Waals surface area (Å²) in [7, 11) is 0. The summed E-state index contributed by atoms with van der Waals surface area (Å²) in [4.78, 5) is 0. The van der Waals surface area contributed by atoms with E-state index in [1.54, 1.807) is 0 Å². The first-order valence-corrected chi connectivity index (χ1v) is 7.11. The van der Waals surface area contributed by atoms with Crippen molar-refractivity contribution < 1.29 is 5.11 Å². The Bertz CT molecular complexity index is 371. The van der Waals surface area contributed by atoms with Crippen molar-refractivity contribution in [1.29, 1.82) is 0 Å². The van der Waals surface area contributed by atoms with Crippen LogP contribution in [0, 0.1) is 5.92 Å². The molecule has 3 heteroatoms. The highest BCUT2D eigenvalue weighted by molar-refractivity contribution is 6.30. The highest BCUT2D eigenvalue weighted by Crippen LogP contribution is 2.37. The maximum atomic E-state index is 9.73. The van der Waals surface area contributed by atoms with Gasteiger partial charge in [0.15, 0.2) is 0 Å². The first-order valence-electron chi connectivity index (χ1n) is 6.73. The zero-order valence-electron chi connectivity index (χ0n) is 11.1. The highest BCUT2D eigenvalue weighted by atomic mass is 35.5. The largest absolute Gasteiger partial charge is 0.392 e. The normalized spacial score (nSPS) is 24.9. The van der Waals surface area contributed by atoms with Crippen LogP contribution in [0.5, 0.6) is 0 Å². The van der Waals surface area contributed by atoms with Crippen LogP contribution in [0.25, 0.3) is 0 Å². The van der Waals surface area contributed by atoms with Crippen LogP contribution in [-0.2, 0) is 0 Å². The Kier molecular flexibility index (Phi) is 4.66. The Balaban J connectivity index is 1.72. The van der Waals surface area contributed by atoms with Crippen molar-refractivity contribution in [3.05, 3.63) is 34.9 Å². The minimum atomic E-state index is -0.236. The predicted octanol–water partition coefficient (Wildman–Crippen LogP) is 3.19. The summed E-state index contributed by atoms with van der Waals surface area (Å²) >= 11 is 5.88. The van der Waals surface area contributed by atoms with Gasteiger partial charge in [-0.15, -0.1) is 0 Å². The van der Waals surface area contributed by atoms with Gasteiger partial charge in [-0.05, 0) is 42.4 Å². The summed E-state index contributed by atoms with van der Waals surface area (Å²) in [5, 5.41) is 14.0. The summed E-state index contributed by atoms with van der Waals surface area (Å²) in [6.07, 6.45) is 2.08. The van der Waals surface area contributed by atoms with Crippen LogP contribution in [0.2, 0.25) is 5.02 Å². The number of aliphatic hydroxyl groups is 1. The van der Waals surface area contributed by atoms with Gasteiger partial charge in [-0.3, -0.25) is 0 Å². The van der Waals surface area contributed by atoms with Gasteiger partial charge in [0.2, 0.25) is 0 Å². The van der Waals surface area contributed by atoms with E-state index in [-0.39, 0.29) is 6.10 Å². The Hall–Kier alpha value is -0.570. The lowest BCUT2D eigenvalue weighted by Crippen LogP contribution is -2.44. The fourth-order valence-corrected chi connectivity index (χ4v) is 2.44. The minimum Gasteiger partial charge on any atom is -0.392 e. The molecule has 0 spiro atoms.